The SMILES string of the molecule is COc1c2c(c(OC)c3cc(C(=O)Nc4ccc(-c5c6nc(c(-c7ccc(C)cc7)c7ccc([nH]7)c(-c7ccc(NC(=O)c8ccc(/C=C/C(C)=C/C=C/C(C)=C/C=C/C=C(C)/C=C/C=C(C)/C=C/C9=C(C)CCCC9(C)C)cc8)cc7)c7nc(c(-c8ccc(C)cc8)c8ccc5[nH]8)C=C7)C=C6)cc4)ccc13)C1CC2C2=C1C(=O)C=CC2=O. The molecule has 0 radical (unpaired) electrons. The van der Waals surface area contributed by atoms with Crippen LogP contribution in [0.1, 0.15) is 157 Å². The normalized spacial score (nSPS) is 16.7. The predicted molar refractivity (Wildman–Crippen MR) is 487 cm³/mol. The van der Waals surface area contributed by atoms with Gasteiger partial charge in [0.05, 0.1) is 37.0 Å². The molecule has 6 aliphatic rings. The van der Waals surface area contributed by atoms with Gasteiger partial charge >= 0.3 is 0 Å². The van der Waals surface area contributed by atoms with Crippen LogP contribution in [0.5, 0.6) is 11.5 Å². The molecule has 2 atom stereocenters. The average Bonchev–Trinajstić information content (AvgIpc) is 1.52. The number of anilines is 2. The van der Waals surface area contributed by atoms with Gasteiger partial charge in [0, 0.05) is 112 Å². The van der Waals surface area contributed by atoms with Crippen molar-refractivity contribution >= 4 is 98.0 Å². The number of nitrogens with one attached hydrogen (secondary N) is 4. The van der Waals surface area contributed by atoms with E-state index in [0.717, 1.165) is 134 Å². The van der Waals surface area contributed by atoms with Crippen LogP contribution < -0.4 is 20.1 Å². The molecule has 4 N–H and O–H groups in total. The third kappa shape index (κ3) is 15.9. The fraction of sp³-hybridized carbons (Fsp3) is 0.170. The van der Waals surface area contributed by atoms with E-state index in [-0.39, 0.29) is 40.6 Å². The van der Waals surface area contributed by atoms with Crippen LogP contribution in [0.2, 0.25) is 0 Å². The Kier molecular flexibility index (Phi) is 21.9. The van der Waals surface area contributed by atoms with E-state index in [0.29, 0.717) is 57.0 Å². The smallest absolute Gasteiger partial charge is 0.255 e. The van der Waals surface area contributed by atoms with E-state index in [4.69, 9.17) is 19.4 Å². The first kappa shape index (κ1) is 78.1. The molecule has 0 saturated carbocycles. The van der Waals surface area contributed by atoms with Crippen molar-refractivity contribution in [3.63, 3.8) is 0 Å². The summed E-state index contributed by atoms with van der Waals surface area (Å²) >= 11 is 0. The lowest BCUT2D eigenvalue weighted by molar-refractivity contribution is -0.115. The zero-order valence-electron chi connectivity index (χ0n) is 68.5. The molecule has 3 aromatic heterocycles. The highest BCUT2D eigenvalue weighted by atomic mass is 16.5. The molecule has 2 amide bonds. The van der Waals surface area contributed by atoms with Crippen LogP contribution in [0, 0.1) is 19.3 Å². The summed E-state index contributed by atoms with van der Waals surface area (Å²) in [7, 11) is 3.21. The highest BCUT2D eigenvalue weighted by Crippen LogP contribution is 2.64. The Bertz CT molecular complexity index is 6420. The van der Waals surface area contributed by atoms with Crippen LogP contribution in [0.15, 0.2) is 300 Å². The van der Waals surface area contributed by atoms with Crippen LogP contribution >= 0.6 is 0 Å². The van der Waals surface area contributed by atoms with Crippen LogP contribution in [-0.4, -0.2) is 57.5 Å². The second kappa shape index (κ2) is 33.2. The number of carbonyl (C=O) groups excluding carboxylic acids is 4. The molecule has 7 aromatic carbocycles. The number of amides is 2. The zero-order valence-corrected chi connectivity index (χ0v) is 68.5. The Morgan fingerprint density at radius 1 is 0.449 bits per heavy atom. The maximum absolute atomic E-state index is 14.5. The van der Waals surface area contributed by atoms with E-state index in [1.54, 1.807) is 20.3 Å². The van der Waals surface area contributed by atoms with Gasteiger partial charge in [-0.3, -0.25) is 19.2 Å². The number of methoxy groups -OCH3 is 2. The Balaban J connectivity index is 0.652. The van der Waals surface area contributed by atoms with Gasteiger partial charge < -0.3 is 30.1 Å². The van der Waals surface area contributed by atoms with Gasteiger partial charge in [-0.1, -0.05) is 223 Å². The van der Waals surface area contributed by atoms with E-state index in [9.17, 15) is 19.2 Å². The maximum Gasteiger partial charge on any atom is 0.255 e. The molecular formula is C106H94N6O6. The van der Waals surface area contributed by atoms with Gasteiger partial charge in [0.2, 0.25) is 0 Å². The van der Waals surface area contributed by atoms with Gasteiger partial charge in [-0.15, -0.1) is 0 Å². The van der Waals surface area contributed by atoms with E-state index >= 15 is 0 Å². The summed E-state index contributed by atoms with van der Waals surface area (Å²) in [4.78, 5) is 73.9. The minimum atomic E-state index is -0.332. The van der Waals surface area contributed by atoms with Crippen molar-refractivity contribution in [2.45, 2.75) is 99.8 Å². The van der Waals surface area contributed by atoms with Crippen LogP contribution in [0.3, 0.4) is 0 Å². The highest BCUT2D eigenvalue weighted by Gasteiger charge is 2.52. The number of aryl methyl sites for hydroxylation is 2. The summed E-state index contributed by atoms with van der Waals surface area (Å²) < 4.78 is 12.3. The van der Waals surface area contributed by atoms with Crippen molar-refractivity contribution in [1.82, 2.24) is 19.9 Å². The number of hydrogen-bond acceptors (Lipinski definition) is 8. The molecule has 0 saturated heterocycles. The van der Waals surface area contributed by atoms with Crippen molar-refractivity contribution in [1.29, 1.82) is 0 Å². The predicted octanol–water partition coefficient (Wildman–Crippen LogP) is 25.8. The number of allylic oxidation sites excluding steroid dienone is 23. The largest absolute Gasteiger partial charge is 0.496 e. The van der Waals surface area contributed by atoms with Crippen molar-refractivity contribution in [2.75, 3.05) is 24.9 Å². The molecule has 10 aromatic rings. The number of aromatic nitrogens is 4. The zero-order chi connectivity index (χ0) is 82.0. The summed E-state index contributed by atoms with van der Waals surface area (Å²) in [5.41, 5.74) is 29.6. The Morgan fingerprint density at radius 2 is 0.839 bits per heavy atom. The first-order valence-electron chi connectivity index (χ1n) is 40.4. The monoisotopic (exact) mass is 1550 g/mol. The lowest BCUT2D eigenvalue weighted by Gasteiger charge is -2.32. The standard InChI is InChI=1S/C106H94N6O6/c1-63(17-12-13-18-64(2)20-15-22-66(4)29-49-83-69(7)23-16-60-106(83,8)9)19-14-21-65(3)24-30-70-31-37-75(38-32-70)104(115)107-77-44-39-73(40-45-77)96-88-54-50-84(109-88)94(71-33-25-67(5)26-34-71)86-52-56-90(111-86)97(91-57-53-87(112-91)95(85-51-55-89(96)110-85)72-35-27-68(6)28-36-72)74-41-46-78(47-42-74)108-105(116)76-43-48-79-80(61-76)103(118-11)101-82-62-81(100(101)102(79)117-10)98-92(113)58-59-93(114)99(82)98/h12-15,17-22,24-59,61,81-82,109,112H,16,23,60,62H2,1-11H3,(H,107,115)(H,108,116)/b13-12+,19-14+,20-15+,30-24+,49-29+,63-17+,64-18+,65-21+,66-22+,94-84?,94-86?,95-85?,95-87?,96-88?,96-89?,97-90?,97-91?. The first-order chi connectivity index (χ1) is 57.1. The lowest BCUT2D eigenvalue weighted by atomic mass is 9.72. The van der Waals surface area contributed by atoms with Gasteiger partial charge in [-0.05, 0) is 228 Å². The summed E-state index contributed by atoms with van der Waals surface area (Å²) in [5, 5.41) is 7.71. The maximum atomic E-state index is 14.5. The molecule has 0 fully saturated rings. The van der Waals surface area contributed by atoms with Crippen LogP contribution in [-0.2, 0) is 9.59 Å². The first-order valence-corrected chi connectivity index (χ1v) is 40.4. The van der Waals surface area contributed by atoms with E-state index in [1.807, 2.05) is 84.9 Å². The molecule has 12 heteroatoms. The molecule has 4 aliphatic carbocycles. The molecule has 118 heavy (non-hydrogen) atoms. The van der Waals surface area contributed by atoms with Gasteiger partial charge in [0.1, 0.15) is 11.5 Å². The number of nitrogens with zero attached hydrogens (tertiary/aromatic N) is 2. The highest BCUT2D eigenvalue weighted by molar-refractivity contribution is 6.23. The number of benzene rings is 7. The van der Waals surface area contributed by atoms with Crippen molar-refractivity contribution in [3.05, 3.63) is 361 Å². The topological polar surface area (TPSA) is 168 Å². The fourth-order valence-electron chi connectivity index (χ4n) is 17.3. The van der Waals surface area contributed by atoms with Gasteiger partial charge in [0.15, 0.2) is 11.6 Å². The third-order valence-corrected chi connectivity index (χ3v) is 23.4. The summed E-state index contributed by atoms with van der Waals surface area (Å²) in [6.45, 7) is 19.6. The quantitative estimate of drug-likeness (QED) is 0.0432. The van der Waals surface area contributed by atoms with Crippen LogP contribution in [0.4, 0.5) is 11.4 Å². The molecular weight excluding hydrogens is 1450 g/mol. The van der Waals surface area contributed by atoms with Gasteiger partial charge in [-0.2, -0.15) is 0 Å². The number of fused-ring (bicyclic) bond motifs is 16. The molecule has 2 unspecified atom stereocenters. The number of rotatable bonds is 20. The Morgan fingerprint density at radius 3 is 1.27 bits per heavy atom. The Hall–Kier alpha value is -13.8. The van der Waals surface area contributed by atoms with Crippen LogP contribution in [0.25, 0.3) is 108 Å². The lowest BCUT2D eigenvalue weighted by Crippen LogP contribution is -2.20. The number of hydrogen-bond donors (Lipinski definition) is 4. The minimum absolute atomic E-state index is 0.145. The minimum Gasteiger partial charge on any atom is -0.496 e. The van der Waals surface area contributed by atoms with E-state index < -0.39 is 0 Å². The number of ether oxygens (including phenoxy) is 2. The summed E-state index contributed by atoms with van der Waals surface area (Å²) in [5.74, 6) is -0.308. The molecule has 584 valence electrons. The summed E-state index contributed by atoms with van der Waals surface area (Å²) in [6, 6.07) is 54.2. The van der Waals surface area contributed by atoms with Crippen molar-refractivity contribution in [3.8, 4) is 56.0 Å². The molecule has 2 aliphatic heterocycles. The second-order valence-electron chi connectivity index (χ2n) is 32.1. The fourth-order valence-corrected chi connectivity index (χ4v) is 17.3. The second-order valence-corrected chi connectivity index (χ2v) is 32.1. The molecule has 12 nitrogen and oxygen atoms in total. The van der Waals surface area contributed by atoms with E-state index in [2.05, 4.69) is 265 Å². The molecule has 0 spiro atoms. The molecule has 16 rings (SSSR count). The number of ketones is 2. The van der Waals surface area contributed by atoms with Crippen molar-refractivity contribution < 1.29 is 28.7 Å². The number of H-pyrrole nitrogens is 2. The third-order valence-electron chi connectivity index (χ3n) is 23.4. The van der Waals surface area contributed by atoms with E-state index in [1.165, 1.54) is 53.7 Å². The molecule has 10 bridgehead atoms. The van der Waals surface area contributed by atoms with Crippen molar-refractivity contribution in [2.24, 2.45) is 5.41 Å². The Labute approximate surface area is 689 Å². The molecule has 5 heterocycles. The summed E-state index contributed by atoms with van der Waals surface area (Å²) in [6.07, 6.45) is 45.1. The number of carbonyl (C=O) groups is 4. The number of aromatic amines is 2. The average molecular weight is 1550 g/mol. The van der Waals surface area contributed by atoms with Gasteiger partial charge in [0.25, 0.3) is 11.8 Å². The van der Waals surface area contributed by atoms with Gasteiger partial charge in [-0.25, -0.2) is 9.97 Å².